The van der Waals surface area contributed by atoms with Gasteiger partial charge in [-0.3, -0.25) is 14.6 Å². The highest BCUT2D eigenvalue weighted by molar-refractivity contribution is 5.76. The first-order valence-corrected chi connectivity index (χ1v) is 13.2. The molecule has 35 heavy (non-hydrogen) atoms. The number of amides is 1. The van der Waals surface area contributed by atoms with E-state index in [1.54, 1.807) is 19.6 Å². The Morgan fingerprint density at radius 2 is 1.94 bits per heavy atom. The second kappa shape index (κ2) is 13.5. The van der Waals surface area contributed by atoms with Gasteiger partial charge in [-0.05, 0) is 64.3 Å². The van der Waals surface area contributed by atoms with Gasteiger partial charge in [0, 0.05) is 43.5 Å². The molecule has 0 aliphatic carbocycles. The van der Waals surface area contributed by atoms with E-state index in [2.05, 4.69) is 26.2 Å². The predicted molar refractivity (Wildman–Crippen MR) is 137 cm³/mol. The Bertz CT molecular complexity index is 904. The van der Waals surface area contributed by atoms with Gasteiger partial charge in [0.1, 0.15) is 6.61 Å². The number of rotatable bonds is 7. The molecule has 1 amide bonds. The molecule has 1 atom stereocenters. The van der Waals surface area contributed by atoms with Crippen molar-refractivity contribution < 1.29 is 14.3 Å². The third-order valence-corrected chi connectivity index (χ3v) is 7.14. The second-order valence-electron chi connectivity index (χ2n) is 9.67. The average molecular weight is 484 g/mol. The predicted octanol–water partition coefficient (Wildman–Crippen LogP) is 3.32. The molecule has 2 aliphatic rings. The van der Waals surface area contributed by atoms with Crippen LogP contribution in [0.25, 0.3) is 0 Å². The van der Waals surface area contributed by atoms with E-state index in [0.717, 1.165) is 88.6 Å². The maximum atomic E-state index is 12.4. The zero-order valence-electron chi connectivity index (χ0n) is 21.2. The third-order valence-electron chi connectivity index (χ3n) is 7.14. The van der Waals surface area contributed by atoms with Crippen LogP contribution in [0, 0.1) is 0 Å². The van der Waals surface area contributed by atoms with E-state index in [0.29, 0.717) is 19.1 Å². The molecule has 8 nitrogen and oxygen atoms in total. The van der Waals surface area contributed by atoms with Crippen molar-refractivity contribution in [3.8, 4) is 11.5 Å². The number of carbonyl (C=O) groups is 1. The molecule has 1 N–H and O–H groups in total. The Labute approximate surface area is 209 Å². The fourth-order valence-electron chi connectivity index (χ4n) is 5.25. The van der Waals surface area contributed by atoms with Crippen molar-refractivity contribution in [3.63, 3.8) is 0 Å². The molecule has 1 unspecified atom stereocenters. The number of methoxy groups -OCH3 is 1. The van der Waals surface area contributed by atoms with Crippen LogP contribution in [0.5, 0.6) is 11.5 Å². The summed E-state index contributed by atoms with van der Waals surface area (Å²) >= 11 is 0. The van der Waals surface area contributed by atoms with Crippen LogP contribution in [-0.2, 0) is 17.9 Å². The highest BCUT2D eigenvalue weighted by Crippen LogP contribution is 2.32. The number of para-hydroxylation sites is 1. The highest BCUT2D eigenvalue weighted by atomic mass is 16.5. The lowest BCUT2D eigenvalue weighted by atomic mass is 9.98. The number of piperidine rings is 1. The molecule has 192 valence electrons. The Balaban J connectivity index is 1.41. The Morgan fingerprint density at radius 1 is 1.09 bits per heavy atom. The summed E-state index contributed by atoms with van der Waals surface area (Å²) in [6.45, 7) is 7.10. The molecule has 2 fully saturated rings. The summed E-state index contributed by atoms with van der Waals surface area (Å²) in [5.74, 6) is 1.83. The van der Waals surface area contributed by atoms with Gasteiger partial charge < -0.3 is 19.4 Å². The van der Waals surface area contributed by atoms with Gasteiger partial charge in [-0.1, -0.05) is 18.6 Å². The zero-order valence-corrected chi connectivity index (χ0v) is 21.2. The Kier molecular flexibility index (Phi) is 9.84. The number of fused-ring (bicyclic) bond motifs is 1. The summed E-state index contributed by atoms with van der Waals surface area (Å²) in [4.78, 5) is 21.6. The van der Waals surface area contributed by atoms with Crippen molar-refractivity contribution in [2.24, 2.45) is 0 Å². The van der Waals surface area contributed by atoms with E-state index in [1.165, 1.54) is 12.8 Å². The minimum Gasteiger partial charge on any atom is -0.493 e. The van der Waals surface area contributed by atoms with Gasteiger partial charge in [0.25, 0.3) is 0 Å². The Morgan fingerprint density at radius 3 is 2.80 bits per heavy atom. The van der Waals surface area contributed by atoms with Gasteiger partial charge in [0.15, 0.2) is 11.5 Å². The van der Waals surface area contributed by atoms with E-state index >= 15 is 0 Å². The summed E-state index contributed by atoms with van der Waals surface area (Å²) < 4.78 is 13.9. The molecule has 0 bridgehead atoms. The first-order chi connectivity index (χ1) is 17.2. The van der Waals surface area contributed by atoms with Crippen molar-refractivity contribution in [2.45, 2.75) is 64.1 Å². The van der Waals surface area contributed by atoms with Gasteiger partial charge in [-0.2, -0.15) is 0 Å². The molecular formula is C27H41N5O3. The van der Waals surface area contributed by atoms with Crippen LogP contribution in [0.15, 0.2) is 36.9 Å². The summed E-state index contributed by atoms with van der Waals surface area (Å²) in [7, 11) is 1.70. The smallest absolute Gasteiger partial charge is 0.221 e. The number of imidazole rings is 1. The average Bonchev–Trinajstić information content (AvgIpc) is 3.39. The minimum absolute atomic E-state index is 0.215. The van der Waals surface area contributed by atoms with Crippen LogP contribution in [0.1, 0.15) is 50.5 Å². The Hall–Kier alpha value is -2.58. The molecule has 8 heteroatoms. The van der Waals surface area contributed by atoms with Crippen LogP contribution >= 0.6 is 0 Å². The van der Waals surface area contributed by atoms with Crippen molar-refractivity contribution in [1.82, 2.24) is 24.7 Å². The van der Waals surface area contributed by atoms with Crippen LogP contribution in [0.3, 0.4) is 0 Å². The first-order valence-electron chi connectivity index (χ1n) is 13.2. The number of aromatic nitrogens is 2. The van der Waals surface area contributed by atoms with Crippen molar-refractivity contribution in [2.75, 3.05) is 46.4 Å². The monoisotopic (exact) mass is 483 g/mol. The SMILES string of the molecule is COc1cccc(CN2CCCCNC(=O)CC3CCCCN3CCC2)c1OCCn1ccnc1. The number of ether oxygens (including phenoxy) is 2. The van der Waals surface area contributed by atoms with Crippen LogP contribution in [-0.4, -0.2) is 77.7 Å². The topological polar surface area (TPSA) is 71.9 Å². The second-order valence-corrected chi connectivity index (χ2v) is 9.67. The largest absolute Gasteiger partial charge is 0.493 e. The zero-order chi connectivity index (χ0) is 24.3. The molecule has 3 heterocycles. The number of nitrogens with zero attached hydrogens (tertiary/aromatic N) is 4. The molecule has 0 radical (unpaired) electrons. The van der Waals surface area contributed by atoms with Gasteiger partial charge in [-0.25, -0.2) is 4.98 Å². The quantitative estimate of drug-likeness (QED) is 0.652. The molecule has 2 saturated heterocycles. The summed E-state index contributed by atoms with van der Waals surface area (Å²) in [5, 5.41) is 3.15. The molecule has 0 saturated carbocycles. The van der Waals surface area contributed by atoms with Crippen LogP contribution in [0.2, 0.25) is 0 Å². The number of benzene rings is 1. The number of carbonyl (C=O) groups excluding carboxylic acids is 1. The van der Waals surface area contributed by atoms with Gasteiger partial charge in [-0.15, -0.1) is 0 Å². The molecule has 2 aliphatic heterocycles. The van der Waals surface area contributed by atoms with Crippen molar-refractivity contribution >= 4 is 5.91 Å². The van der Waals surface area contributed by atoms with Gasteiger partial charge in [0.2, 0.25) is 5.91 Å². The molecule has 4 rings (SSSR count). The fraction of sp³-hybridized carbons (Fsp3) is 0.630. The first kappa shape index (κ1) is 25.5. The van der Waals surface area contributed by atoms with E-state index in [-0.39, 0.29) is 5.91 Å². The number of nitrogens with one attached hydrogen (secondary N) is 1. The normalized spacial score (nSPS) is 21.2. The number of hydrogen-bond acceptors (Lipinski definition) is 6. The third kappa shape index (κ3) is 7.70. The fourth-order valence-corrected chi connectivity index (χ4v) is 5.25. The summed E-state index contributed by atoms with van der Waals surface area (Å²) in [5.41, 5.74) is 1.16. The van der Waals surface area contributed by atoms with Gasteiger partial charge in [0.05, 0.1) is 20.0 Å². The molecule has 2 aromatic rings. The van der Waals surface area contributed by atoms with E-state index in [1.807, 2.05) is 22.9 Å². The van der Waals surface area contributed by atoms with Crippen LogP contribution < -0.4 is 14.8 Å². The molecular weight excluding hydrogens is 442 g/mol. The maximum absolute atomic E-state index is 12.4. The lowest BCUT2D eigenvalue weighted by Gasteiger charge is -2.36. The van der Waals surface area contributed by atoms with E-state index < -0.39 is 0 Å². The maximum Gasteiger partial charge on any atom is 0.221 e. The molecule has 1 aromatic carbocycles. The summed E-state index contributed by atoms with van der Waals surface area (Å²) in [6, 6.07) is 6.56. The standard InChI is InChI=1S/C27H41N5O3/c1-34-25-10-6-8-23(27(25)35-19-18-31-17-12-28-22-31)21-30-13-5-3-11-29-26(33)20-24-9-2-4-15-32(24)16-7-14-30/h6,8,10,12,17,22,24H,2-5,7,9,11,13-16,18-21H2,1H3,(H,29,33). The van der Waals surface area contributed by atoms with Crippen molar-refractivity contribution in [1.29, 1.82) is 0 Å². The van der Waals surface area contributed by atoms with Gasteiger partial charge >= 0.3 is 0 Å². The lowest BCUT2D eigenvalue weighted by molar-refractivity contribution is -0.122. The minimum atomic E-state index is 0.215. The highest BCUT2D eigenvalue weighted by Gasteiger charge is 2.25. The molecule has 0 spiro atoms. The van der Waals surface area contributed by atoms with E-state index in [4.69, 9.17) is 9.47 Å². The van der Waals surface area contributed by atoms with E-state index in [9.17, 15) is 4.79 Å². The molecule has 1 aromatic heterocycles. The van der Waals surface area contributed by atoms with Crippen molar-refractivity contribution in [3.05, 3.63) is 42.5 Å². The number of hydrogen-bond donors (Lipinski definition) is 1. The summed E-state index contributed by atoms with van der Waals surface area (Å²) in [6.07, 6.45) is 13.0. The lowest BCUT2D eigenvalue weighted by Crippen LogP contribution is -2.43. The van der Waals surface area contributed by atoms with Crippen LogP contribution in [0.4, 0.5) is 0 Å².